The van der Waals surface area contributed by atoms with Gasteiger partial charge in [-0.25, -0.2) is 4.79 Å². The average molecular weight is 143 g/mol. The molecular formula is C6H13N3O. The normalized spacial score (nSPS) is 18.7. The maximum Gasteiger partial charge on any atom is 0.314 e. The summed E-state index contributed by atoms with van der Waals surface area (Å²) in [7, 11) is 1.91. The van der Waals surface area contributed by atoms with E-state index in [1.165, 1.54) is 0 Å². The molecule has 1 rings (SSSR count). The Kier molecular flexibility index (Phi) is 2.11. The number of hydrogen-bond donors (Lipinski definition) is 2. The van der Waals surface area contributed by atoms with Crippen LogP contribution in [0.3, 0.4) is 0 Å². The predicted octanol–water partition coefficient (Wildman–Crippen LogP) is -0.784. The maximum absolute atomic E-state index is 10.5. The number of rotatable bonds is 2. The minimum atomic E-state index is -0.299. The third-order valence-electron chi connectivity index (χ3n) is 1.76. The van der Waals surface area contributed by atoms with E-state index in [2.05, 4.69) is 5.32 Å². The number of amides is 2. The van der Waals surface area contributed by atoms with E-state index >= 15 is 0 Å². The minimum Gasteiger partial charge on any atom is -0.351 e. The third-order valence-corrected chi connectivity index (χ3v) is 1.76. The molecule has 1 aliphatic rings. The first-order valence-corrected chi connectivity index (χ1v) is 3.43. The van der Waals surface area contributed by atoms with Crippen LogP contribution < -0.4 is 11.1 Å². The molecule has 1 heterocycles. The van der Waals surface area contributed by atoms with Gasteiger partial charge in [0.25, 0.3) is 0 Å². The van der Waals surface area contributed by atoms with E-state index in [-0.39, 0.29) is 6.03 Å². The van der Waals surface area contributed by atoms with Crippen molar-refractivity contribution in [2.24, 2.45) is 11.7 Å². The van der Waals surface area contributed by atoms with Crippen LogP contribution in [-0.4, -0.2) is 37.6 Å². The Labute approximate surface area is 60.4 Å². The van der Waals surface area contributed by atoms with E-state index in [4.69, 9.17) is 5.73 Å². The van der Waals surface area contributed by atoms with Crippen molar-refractivity contribution in [3.63, 3.8) is 0 Å². The van der Waals surface area contributed by atoms with Gasteiger partial charge in [-0.3, -0.25) is 0 Å². The summed E-state index contributed by atoms with van der Waals surface area (Å²) in [4.78, 5) is 12.1. The van der Waals surface area contributed by atoms with Crippen molar-refractivity contribution in [3.8, 4) is 0 Å². The number of urea groups is 1. The standard InChI is InChI=1S/C6H13N3O/c1-8-2-5-3-9(4-5)6(7)10/h5,8H,2-4H2,1H3,(H2,7,10). The predicted molar refractivity (Wildman–Crippen MR) is 38.6 cm³/mol. The van der Waals surface area contributed by atoms with Crippen molar-refractivity contribution in [2.45, 2.75) is 0 Å². The van der Waals surface area contributed by atoms with Crippen molar-refractivity contribution >= 4 is 6.03 Å². The number of nitrogens with zero attached hydrogens (tertiary/aromatic N) is 1. The second-order valence-electron chi connectivity index (χ2n) is 2.67. The average Bonchev–Trinajstić information content (AvgIpc) is 1.76. The Balaban J connectivity index is 2.12. The summed E-state index contributed by atoms with van der Waals surface area (Å²) in [6.07, 6.45) is 0. The molecule has 0 unspecified atom stereocenters. The second-order valence-corrected chi connectivity index (χ2v) is 2.67. The van der Waals surface area contributed by atoms with Gasteiger partial charge in [-0.05, 0) is 7.05 Å². The van der Waals surface area contributed by atoms with Gasteiger partial charge in [-0.15, -0.1) is 0 Å². The number of nitrogens with one attached hydrogen (secondary N) is 1. The first-order chi connectivity index (χ1) is 4.74. The molecule has 58 valence electrons. The van der Waals surface area contributed by atoms with Crippen molar-refractivity contribution in [1.82, 2.24) is 10.2 Å². The fourth-order valence-corrected chi connectivity index (χ4v) is 1.17. The van der Waals surface area contributed by atoms with Crippen LogP contribution in [0.2, 0.25) is 0 Å². The second kappa shape index (κ2) is 2.88. The van der Waals surface area contributed by atoms with E-state index in [1.807, 2.05) is 7.05 Å². The van der Waals surface area contributed by atoms with E-state index in [0.717, 1.165) is 19.6 Å². The van der Waals surface area contributed by atoms with Gasteiger partial charge in [0.1, 0.15) is 0 Å². The van der Waals surface area contributed by atoms with E-state index in [1.54, 1.807) is 4.90 Å². The van der Waals surface area contributed by atoms with Gasteiger partial charge in [0.05, 0.1) is 0 Å². The highest BCUT2D eigenvalue weighted by molar-refractivity contribution is 5.72. The molecule has 0 radical (unpaired) electrons. The Morgan fingerprint density at radius 1 is 1.80 bits per heavy atom. The molecule has 10 heavy (non-hydrogen) atoms. The molecule has 2 amide bonds. The largest absolute Gasteiger partial charge is 0.351 e. The van der Waals surface area contributed by atoms with Gasteiger partial charge in [-0.2, -0.15) is 0 Å². The summed E-state index contributed by atoms with van der Waals surface area (Å²) in [5, 5.41) is 3.05. The summed E-state index contributed by atoms with van der Waals surface area (Å²) in [6.45, 7) is 2.61. The van der Waals surface area contributed by atoms with E-state index in [9.17, 15) is 4.79 Å². The van der Waals surface area contributed by atoms with E-state index in [0.29, 0.717) is 5.92 Å². The van der Waals surface area contributed by atoms with Gasteiger partial charge in [-0.1, -0.05) is 0 Å². The van der Waals surface area contributed by atoms with Crippen molar-refractivity contribution in [1.29, 1.82) is 0 Å². The maximum atomic E-state index is 10.5. The number of likely N-dealkylation sites (tertiary alicyclic amines) is 1. The molecule has 0 spiro atoms. The number of nitrogens with two attached hydrogens (primary N) is 1. The molecule has 0 aromatic rings. The molecule has 0 aromatic heterocycles. The Bertz CT molecular complexity index is 131. The van der Waals surface area contributed by atoms with Crippen LogP contribution in [0.15, 0.2) is 0 Å². The molecule has 0 aliphatic carbocycles. The highest BCUT2D eigenvalue weighted by Crippen LogP contribution is 2.12. The highest BCUT2D eigenvalue weighted by Gasteiger charge is 2.27. The van der Waals surface area contributed by atoms with Crippen LogP contribution in [-0.2, 0) is 0 Å². The molecule has 0 bridgehead atoms. The van der Waals surface area contributed by atoms with Gasteiger partial charge >= 0.3 is 6.03 Å². The zero-order valence-corrected chi connectivity index (χ0v) is 6.13. The molecule has 0 atom stereocenters. The summed E-state index contributed by atoms with van der Waals surface area (Å²) < 4.78 is 0. The quantitative estimate of drug-likeness (QED) is 0.532. The van der Waals surface area contributed by atoms with Crippen LogP contribution in [0.1, 0.15) is 0 Å². The van der Waals surface area contributed by atoms with Crippen LogP contribution >= 0.6 is 0 Å². The third kappa shape index (κ3) is 1.39. The first-order valence-electron chi connectivity index (χ1n) is 3.43. The Hall–Kier alpha value is -0.770. The molecule has 0 saturated carbocycles. The molecule has 4 nitrogen and oxygen atoms in total. The monoisotopic (exact) mass is 143 g/mol. The van der Waals surface area contributed by atoms with Crippen LogP contribution in [0.4, 0.5) is 4.79 Å². The van der Waals surface area contributed by atoms with Crippen LogP contribution in [0.5, 0.6) is 0 Å². The van der Waals surface area contributed by atoms with Crippen LogP contribution in [0.25, 0.3) is 0 Å². The summed E-state index contributed by atoms with van der Waals surface area (Å²) in [5.41, 5.74) is 5.02. The van der Waals surface area contributed by atoms with Gasteiger partial charge in [0, 0.05) is 25.6 Å². The number of hydrogen-bond acceptors (Lipinski definition) is 2. The van der Waals surface area contributed by atoms with Gasteiger partial charge in [0.2, 0.25) is 0 Å². The molecule has 4 heteroatoms. The molecule has 3 N–H and O–H groups in total. The van der Waals surface area contributed by atoms with Gasteiger partial charge in [0.15, 0.2) is 0 Å². The minimum absolute atomic E-state index is 0.299. The highest BCUT2D eigenvalue weighted by atomic mass is 16.2. The lowest BCUT2D eigenvalue weighted by Gasteiger charge is -2.37. The molecule has 1 fully saturated rings. The summed E-state index contributed by atoms with van der Waals surface area (Å²) >= 11 is 0. The van der Waals surface area contributed by atoms with Crippen molar-refractivity contribution < 1.29 is 4.79 Å². The topological polar surface area (TPSA) is 58.4 Å². The van der Waals surface area contributed by atoms with E-state index < -0.39 is 0 Å². The lowest BCUT2D eigenvalue weighted by molar-refractivity contribution is 0.128. The number of primary amides is 1. The number of carbonyl (C=O) groups excluding carboxylic acids is 1. The lowest BCUT2D eigenvalue weighted by atomic mass is 10.0. The smallest absolute Gasteiger partial charge is 0.314 e. The Morgan fingerprint density at radius 2 is 2.40 bits per heavy atom. The first kappa shape index (κ1) is 7.34. The fourth-order valence-electron chi connectivity index (χ4n) is 1.17. The number of carbonyl (C=O) groups is 1. The summed E-state index contributed by atoms with van der Waals surface area (Å²) in [6, 6.07) is -0.299. The Morgan fingerprint density at radius 3 is 2.80 bits per heavy atom. The van der Waals surface area contributed by atoms with Crippen LogP contribution in [0, 0.1) is 5.92 Å². The fraction of sp³-hybridized carbons (Fsp3) is 0.833. The van der Waals surface area contributed by atoms with Crippen molar-refractivity contribution in [3.05, 3.63) is 0 Å². The molecule has 1 saturated heterocycles. The molecular weight excluding hydrogens is 130 g/mol. The molecule has 0 aromatic carbocycles. The SMILES string of the molecule is CNCC1CN(C(N)=O)C1. The zero-order chi connectivity index (χ0) is 7.56. The zero-order valence-electron chi connectivity index (χ0n) is 6.13. The van der Waals surface area contributed by atoms with Gasteiger partial charge < -0.3 is 16.0 Å². The van der Waals surface area contributed by atoms with Crippen molar-refractivity contribution in [2.75, 3.05) is 26.7 Å². The summed E-state index contributed by atoms with van der Waals surface area (Å²) in [5.74, 6) is 0.609. The lowest BCUT2D eigenvalue weighted by Crippen LogP contribution is -2.54. The molecule has 1 aliphatic heterocycles.